The third kappa shape index (κ3) is 3.32. The maximum absolute atomic E-state index is 12.6. The van der Waals surface area contributed by atoms with E-state index in [-0.39, 0.29) is 17.9 Å². The molecule has 1 amide bonds. The van der Waals surface area contributed by atoms with Gasteiger partial charge in [0, 0.05) is 12.5 Å². The maximum atomic E-state index is 12.6. The SMILES string of the molecule is CC(C)c1nc([C@@H]2CCCN2C(=O)[C@@H](C)OCC2CC2)no1. The third-order valence-corrected chi connectivity index (χ3v) is 4.41. The number of nitrogens with zero attached hydrogens (tertiary/aromatic N) is 3. The van der Waals surface area contributed by atoms with Crippen LogP contribution in [0.4, 0.5) is 0 Å². The normalized spacial score (nSPS) is 23.3. The number of hydrogen-bond donors (Lipinski definition) is 0. The number of carbonyl (C=O) groups excluding carboxylic acids is 1. The zero-order valence-electron chi connectivity index (χ0n) is 13.6. The van der Waals surface area contributed by atoms with E-state index < -0.39 is 6.10 Å². The van der Waals surface area contributed by atoms with Crippen LogP contribution in [0.2, 0.25) is 0 Å². The van der Waals surface area contributed by atoms with E-state index in [9.17, 15) is 4.79 Å². The smallest absolute Gasteiger partial charge is 0.252 e. The molecule has 122 valence electrons. The molecule has 0 aromatic carbocycles. The van der Waals surface area contributed by atoms with Gasteiger partial charge >= 0.3 is 0 Å². The fourth-order valence-electron chi connectivity index (χ4n) is 2.79. The highest BCUT2D eigenvalue weighted by Gasteiger charge is 2.36. The van der Waals surface area contributed by atoms with Crippen LogP contribution >= 0.6 is 0 Å². The number of likely N-dealkylation sites (tertiary alicyclic amines) is 1. The van der Waals surface area contributed by atoms with E-state index in [1.807, 2.05) is 25.7 Å². The molecule has 22 heavy (non-hydrogen) atoms. The van der Waals surface area contributed by atoms with Crippen molar-refractivity contribution in [3.05, 3.63) is 11.7 Å². The minimum atomic E-state index is -0.391. The van der Waals surface area contributed by atoms with Crippen LogP contribution in [-0.2, 0) is 9.53 Å². The van der Waals surface area contributed by atoms with Gasteiger partial charge in [0.2, 0.25) is 5.89 Å². The first kappa shape index (κ1) is 15.5. The number of ether oxygens (including phenoxy) is 1. The summed E-state index contributed by atoms with van der Waals surface area (Å²) in [6.07, 6.45) is 3.93. The van der Waals surface area contributed by atoms with Crippen LogP contribution in [0.5, 0.6) is 0 Å². The molecule has 1 saturated heterocycles. The van der Waals surface area contributed by atoms with Crippen LogP contribution in [0.3, 0.4) is 0 Å². The highest BCUT2D eigenvalue weighted by molar-refractivity contribution is 5.81. The summed E-state index contributed by atoms with van der Waals surface area (Å²) in [5, 5.41) is 4.07. The van der Waals surface area contributed by atoms with Gasteiger partial charge in [-0.3, -0.25) is 4.79 Å². The van der Waals surface area contributed by atoms with Gasteiger partial charge in [-0.15, -0.1) is 0 Å². The van der Waals surface area contributed by atoms with Gasteiger partial charge in [0.05, 0.1) is 12.6 Å². The third-order valence-electron chi connectivity index (χ3n) is 4.41. The van der Waals surface area contributed by atoms with Crippen molar-refractivity contribution in [3.63, 3.8) is 0 Å². The zero-order chi connectivity index (χ0) is 15.7. The fraction of sp³-hybridized carbons (Fsp3) is 0.812. The summed E-state index contributed by atoms with van der Waals surface area (Å²) in [5.74, 6) is 2.17. The molecule has 2 aliphatic rings. The Morgan fingerprint density at radius 1 is 1.36 bits per heavy atom. The van der Waals surface area contributed by atoms with Crippen molar-refractivity contribution in [2.45, 2.75) is 64.5 Å². The second kappa shape index (κ2) is 6.36. The molecule has 1 aliphatic carbocycles. The highest BCUT2D eigenvalue weighted by atomic mass is 16.5. The van der Waals surface area contributed by atoms with Crippen LogP contribution in [0.15, 0.2) is 4.52 Å². The lowest BCUT2D eigenvalue weighted by Crippen LogP contribution is -2.39. The first-order valence-electron chi connectivity index (χ1n) is 8.32. The van der Waals surface area contributed by atoms with Crippen molar-refractivity contribution in [2.75, 3.05) is 13.2 Å². The first-order valence-corrected chi connectivity index (χ1v) is 8.32. The van der Waals surface area contributed by atoms with E-state index in [4.69, 9.17) is 9.26 Å². The summed E-state index contributed by atoms with van der Waals surface area (Å²) in [6, 6.07) is -0.0734. The topological polar surface area (TPSA) is 68.5 Å². The Kier molecular flexibility index (Phi) is 4.47. The quantitative estimate of drug-likeness (QED) is 0.808. The second-order valence-electron chi connectivity index (χ2n) is 6.75. The Morgan fingerprint density at radius 3 is 2.77 bits per heavy atom. The molecule has 0 N–H and O–H groups in total. The average Bonchev–Trinajstić information content (AvgIpc) is 3.01. The Labute approximate surface area is 131 Å². The van der Waals surface area contributed by atoms with E-state index in [0.717, 1.165) is 19.4 Å². The summed E-state index contributed by atoms with van der Waals surface area (Å²) in [6.45, 7) is 7.32. The van der Waals surface area contributed by atoms with E-state index in [1.54, 1.807) is 0 Å². The van der Waals surface area contributed by atoms with Gasteiger partial charge in [-0.25, -0.2) is 0 Å². The van der Waals surface area contributed by atoms with Gasteiger partial charge in [-0.2, -0.15) is 4.98 Å². The van der Waals surface area contributed by atoms with Gasteiger partial charge in [0.15, 0.2) is 5.82 Å². The lowest BCUT2D eigenvalue weighted by molar-refractivity contribution is -0.144. The Hall–Kier alpha value is -1.43. The molecular weight excluding hydrogens is 282 g/mol. The number of carbonyl (C=O) groups is 1. The predicted octanol–water partition coefficient (Wildman–Crippen LogP) is 2.67. The van der Waals surface area contributed by atoms with Gasteiger partial charge in [-0.05, 0) is 38.5 Å². The largest absolute Gasteiger partial charge is 0.368 e. The van der Waals surface area contributed by atoms with Crippen molar-refractivity contribution in [3.8, 4) is 0 Å². The van der Waals surface area contributed by atoms with Gasteiger partial charge < -0.3 is 14.2 Å². The fourth-order valence-corrected chi connectivity index (χ4v) is 2.79. The summed E-state index contributed by atoms with van der Waals surface area (Å²) in [4.78, 5) is 18.9. The Balaban J connectivity index is 1.64. The molecule has 1 aromatic heterocycles. The molecule has 1 aliphatic heterocycles. The molecule has 2 fully saturated rings. The van der Waals surface area contributed by atoms with Gasteiger partial charge in [0.1, 0.15) is 6.10 Å². The molecule has 6 heteroatoms. The van der Waals surface area contributed by atoms with Crippen LogP contribution in [0.25, 0.3) is 0 Å². The average molecular weight is 307 g/mol. The molecule has 0 unspecified atom stereocenters. The van der Waals surface area contributed by atoms with Crippen LogP contribution in [-0.4, -0.2) is 40.2 Å². The van der Waals surface area contributed by atoms with Crippen molar-refractivity contribution in [1.82, 2.24) is 15.0 Å². The lowest BCUT2D eigenvalue weighted by Gasteiger charge is -2.25. The second-order valence-corrected chi connectivity index (χ2v) is 6.75. The van der Waals surface area contributed by atoms with E-state index in [2.05, 4.69) is 10.1 Å². The molecule has 2 atom stereocenters. The Bertz CT molecular complexity index is 524. The minimum Gasteiger partial charge on any atom is -0.368 e. The summed E-state index contributed by atoms with van der Waals surface area (Å²) in [5.41, 5.74) is 0. The molecule has 1 aromatic rings. The van der Waals surface area contributed by atoms with Crippen LogP contribution in [0.1, 0.15) is 70.1 Å². The number of aromatic nitrogens is 2. The number of rotatable bonds is 6. The summed E-state index contributed by atoms with van der Waals surface area (Å²) in [7, 11) is 0. The number of amides is 1. The number of hydrogen-bond acceptors (Lipinski definition) is 5. The molecule has 3 rings (SSSR count). The van der Waals surface area contributed by atoms with E-state index in [1.165, 1.54) is 12.8 Å². The first-order chi connectivity index (χ1) is 10.6. The molecule has 0 bridgehead atoms. The molecular formula is C16H25N3O3. The maximum Gasteiger partial charge on any atom is 0.252 e. The van der Waals surface area contributed by atoms with Gasteiger partial charge in [-0.1, -0.05) is 19.0 Å². The van der Waals surface area contributed by atoms with E-state index >= 15 is 0 Å². The monoisotopic (exact) mass is 307 g/mol. The van der Waals surface area contributed by atoms with Crippen molar-refractivity contribution in [2.24, 2.45) is 5.92 Å². The van der Waals surface area contributed by atoms with Crippen molar-refractivity contribution in [1.29, 1.82) is 0 Å². The van der Waals surface area contributed by atoms with Crippen molar-refractivity contribution < 1.29 is 14.1 Å². The van der Waals surface area contributed by atoms with Crippen molar-refractivity contribution >= 4 is 5.91 Å². The molecule has 0 spiro atoms. The zero-order valence-corrected chi connectivity index (χ0v) is 13.6. The molecule has 2 heterocycles. The molecule has 0 radical (unpaired) electrons. The highest BCUT2D eigenvalue weighted by Crippen LogP contribution is 2.32. The summed E-state index contributed by atoms with van der Waals surface area (Å²) >= 11 is 0. The molecule has 6 nitrogen and oxygen atoms in total. The lowest BCUT2D eigenvalue weighted by atomic mass is 10.2. The van der Waals surface area contributed by atoms with E-state index in [0.29, 0.717) is 24.2 Å². The minimum absolute atomic E-state index is 0.0408. The molecule has 1 saturated carbocycles. The summed E-state index contributed by atoms with van der Waals surface area (Å²) < 4.78 is 11.0. The standard InChI is InChI=1S/C16H25N3O3/c1-10(2)15-17-14(18-22-15)13-5-4-8-19(13)16(20)11(3)21-9-12-6-7-12/h10-13H,4-9H2,1-3H3/t11-,13+/m1/s1. The van der Waals surface area contributed by atoms with Crippen LogP contribution in [0, 0.1) is 5.92 Å². The van der Waals surface area contributed by atoms with Gasteiger partial charge in [0.25, 0.3) is 5.91 Å². The Morgan fingerprint density at radius 2 is 2.14 bits per heavy atom. The predicted molar refractivity (Wildman–Crippen MR) is 80.2 cm³/mol. The van der Waals surface area contributed by atoms with Crippen LogP contribution < -0.4 is 0 Å².